The quantitative estimate of drug-likeness (QED) is 0.414. The van der Waals surface area contributed by atoms with E-state index in [1.54, 1.807) is 6.07 Å². The predicted octanol–water partition coefficient (Wildman–Crippen LogP) is 7.45. The maximum absolute atomic E-state index is 11.1. The third-order valence-corrected chi connectivity index (χ3v) is 6.26. The first-order valence-electron chi connectivity index (χ1n) is 9.61. The lowest BCUT2D eigenvalue weighted by Crippen LogP contribution is -2.35. The summed E-state index contributed by atoms with van der Waals surface area (Å²) in [6.07, 6.45) is 3.57. The van der Waals surface area contributed by atoms with Crippen molar-refractivity contribution in [1.82, 2.24) is 5.32 Å². The first kappa shape index (κ1) is 22.7. The zero-order valence-corrected chi connectivity index (χ0v) is 18.9. The van der Waals surface area contributed by atoms with Crippen molar-refractivity contribution in [2.24, 2.45) is 0 Å². The van der Waals surface area contributed by atoms with Crippen molar-refractivity contribution in [2.75, 3.05) is 6.54 Å². The molecule has 0 aliphatic carbocycles. The maximum Gasteiger partial charge on any atom is 0.0811 e. The van der Waals surface area contributed by atoms with Gasteiger partial charge in [-0.2, -0.15) is 0 Å². The highest BCUT2D eigenvalue weighted by atomic mass is 35.5. The number of hydrogen-bond donors (Lipinski definition) is 2. The molecule has 0 saturated carbocycles. The van der Waals surface area contributed by atoms with E-state index in [0.29, 0.717) is 27.5 Å². The Morgan fingerprint density at radius 1 is 0.897 bits per heavy atom. The summed E-state index contributed by atoms with van der Waals surface area (Å²) in [6, 6.07) is 15.7. The second kappa shape index (κ2) is 9.87. The van der Waals surface area contributed by atoms with Crippen LogP contribution in [0.15, 0.2) is 48.5 Å². The van der Waals surface area contributed by atoms with Crippen LogP contribution in [0.4, 0.5) is 0 Å². The second-order valence-corrected chi connectivity index (χ2v) is 8.73. The number of benzene rings is 3. The van der Waals surface area contributed by atoms with Crippen LogP contribution >= 0.6 is 47.2 Å². The maximum atomic E-state index is 11.1. The molecule has 29 heavy (non-hydrogen) atoms. The van der Waals surface area contributed by atoms with Gasteiger partial charge in [-0.1, -0.05) is 53.4 Å². The molecular weight excluding hydrogens is 448 g/mol. The highest BCUT2D eigenvalue weighted by molar-refractivity contribution is 6.39. The van der Waals surface area contributed by atoms with Crippen LogP contribution in [0.3, 0.4) is 0 Å². The average Bonchev–Trinajstić information content (AvgIpc) is 2.68. The summed E-state index contributed by atoms with van der Waals surface area (Å²) in [5, 5.41) is 18.3. The average molecular weight is 471 g/mol. The van der Waals surface area contributed by atoms with Gasteiger partial charge in [0.2, 0.25) is 0 Å². The van der Waals surface area contributed by atoms with Gasteiger partial charge in [0.05, 0.1) is 6.10 Å². The Kier molecular flexibility index (Phi) is 7.72. The van der Waals surface area contributed by atoms with Gasteiger partial charge in [-0.15, -0.1) is 12.4 Å². The van der Waals surface area contributed by atoms with Crippen molar-refractivity contribution in [3.05, 3.63) is 69.2 Å². The molecule has 3 aromatic rings. The topological polar surface area (TPSA) is 32.3 Å². The molecule has 154 valence electrons. The fraction of sp³-hybridized carbons (Fsp3) is 0.304. The Balaban J connectivity index is 0.00000240. The summed E-state index contributed by atoms with van der Waals surface area (Å²) in [6.45, 7) is 1.01. The van der Waals surface area contributed by atoms with Crippen LogP contribution in [0.5, 0.6) is 0 Å². The summed E-state index contributed by atoms with van der Waals surface area (Å²) in [5.74, 6) is 0. The third kappa shape index (κ3) is 5.19. The number of rotatable bonds is 4. The minimum absolute atomic E-state index is 0. The molecule has 1 aliphatic heterocycles. The molecule has 0 aromatic heterocycles. The van der Waals surface area contributed by atoms with Gasteiger partial charge in [0, 0.05) is 26.5 Å². The molecule has 1 fully saturated rings. The number of piperidine rings is 1. The molecular formula is C23H23Cl4NO. The molecule has 2 N–H and O–H groups in total. The molecule has 3 aromatic carbocycles. The molecule has 0 spiro atoms. The van der Waals surface area contributed by atoms with Crippen LogP contribution in [0.25, 0.3) is 21.9 Å². The first-order chi connectivity index (χ1) is 13.5. The van der Waals surface area contributed by atoms with E-state index >= 15 is 0 Å². The lowest BCUT2D eigenvalue weighted by atomic mass is 9.90. The molecule has 0 bridgehead atoms. The Morgan fingerprint density at radius 2 is 1.66 bits per heavy atom. The van der Waals surface area contributed by atoms with Gasteiger partial charge in [0.25, 0.3) is 0 Å². The highest BCUT2D eigenvalue weighted by Gasteiger charge is 2.21. The SMILES string of the molecule is Cl.OC(CC1CCCCN1)c1cc(-c2ccc(Cl)cc2)cc2c(Cl)cc(Cl)cc12. The normalized spacial score (nSPS) is 17.7. The lowest BCUT2D eigenvalue weighted by molar-refractivity contribution is 0.146. The highest BCUT2D eigenvalue weighted by Crippen LogP contribution is 2.38. The van der Waals surface area contributed by atoms with Crippen LogP contribution in [0.1, 0.15) is 37.4 Å². The summed E-state index contributed by atoms with van der Waals surface area (Å²) in [5.41, 5.74) is 2.89. The van der Waals surface area contributed by atoms with Crippen LogP contribution in [0, 0.1) is 0 Å². The van der Waals surface area contributed by atoms with E-state index in [2.05, 4.69) is 5.32 Å². The fourth-order valence-electron chi connectivity index (χ4n) is 4.02. The Hall–Kier alpha value is -1.00. The van der Waals surface area contributed by atoms with Crippen molar-refractivity contribution in [2.45, 2.75) is 37.8 Å². The number of aliphatic hydroxyl groups is 1. The van der Waals surface area contributed by atoms with Gasteiger partial charge in [-0.3, -0.25) is 0 Å². The van der Waals surface area contributed by atoms with Crippen molar-refractivity contribution < 1.29 is 5.11 Å². The van der Waals surface area contributed by atoms with E-state index in [0.717, 1.165) is 40.4 Å². The summed E-state index contributed by atoms with van der Waals surface area (Å²) in [4.78, 5) is 0. The smallest absolute Gasteiger partial charge is 0.0811 e. The second-order valence-electron chi connectivity index (χ2n) is 7.45. The van der Waals surface area contributed by atoms with Gasteiger partial charge in [0.1, 0.15) is 0 Å². The van der Waals surface area contributed by atoms with Crippen LogP contribution in [-0.4, -0.2) is 17.7 Å². The van der Waals surface area contributed by atoms with Crippen molar-refractivity contribution in [3.63, 3.8) is 0 Å². The number of aliphatic hydroxyl groups excluding tert-OH is 1. The van der Waals surface area contributed by atoms with Crippen LogP contribution in [0.2, 0.25) is 15.1 Å². The van der Waals surface area contributed by atoms with E-state index < -0.39 is 6.10 Å². The van der Waals surface area contributed by atoms with Gasteiger partial charge in [-0.05, 0) is 84.3 Å². The lowest BCUT2D eigenvalue weighted by Gasteiger charge is -2.26. The van der Waals surface area contributed by atoms with E-state index in [1.165, 1.54) is 12.8 Å². The minimum Gasteiger partial charge on any atom is -0.388 e. The van der Waals surface area contributed by atoms with Gasteiger partial charge in [0.15, 0.2) is 0 Å². The van der Waals surface area contributed by atoms with Gasteiger partial charge < -0.3 is 10.4 Å². The minimum atomic E-state index is -0.597. The standard InChI is InChI=1S/C23H22Cl3NO.ClH/c24-16-6-4-14(5-7-16)15-9-20-19(11-17(25)12-22(20)26)21(10-15)23(28)13-18-3-1-2-8-27-18;/h4-7,9-12,18,23,27-28H,1-3,8,13H2;1H. The van der Waals surface area contributed by atoms with Gasteiger partial charge >= 0.3 is 0 Å². The molecule has 2 nitrogen and oxygen atoms in total. The molecule has 0 radical (unpaired) electrons. The Bertz CT molecular complexity index is 984. The van der Waals surface area contributed by atoms with E-state index in [-0.39, 0.29) is 12.4 Å². The molecule has 2 unspecified atom stereocenters. The number of fused-ring (bicyclic) bond motifs is 1. The molecule has 1 saturated heterocycles. The van der Waals surface area contributed by atoms with E-state index in [1.807, 2.05) is 42.5 Å². The van der Waals surface area contributed by atoms with Crippen molar-refractivity contribution in [1.29, 1.82) is 0 Å². The molecule has 1 aliphatic rings. The molecule has 2 atom stereocenters. The van der Waals surface area contributed by atoms with E-state index in [4.69, 9.17) is 34.8 Å². The monoisotopic (exact) mass is 469 g/mol. The van der Waals surface area contributed by atoms with Crippen molar-refractivity contribution >= 4 is 58.0 Å². The van der Waals surface area contributed by atoms with Crippen LogP contribution < -0.4 is 5.32 Å². The Morgan fingerprint density at radius 3 is 2.34 bits per heavy atom. The number of halogens is 4. The fourth-order valence-corrected chi connectivity index (χ4v) is 4.69. The van der Waals surface area contributed by atoms with E-state index in [9.17, 15) is 5.11 Å². The number of hydrogen-bond acceptors (Lipinski definition) is 2. The molecule has 6 heteroatoms. The summed E-state index contributed by atoms with van der Waals surface area (Å²) < 4.78 is 0. The molecule has 4 rings (SSSR count). The molecule has 1 heterocycles. The molecule has 0 amide bonds. The number of nitrogens with one attached hydrogen (secondary N) is 1. The summed E-state index contributed by atoms with van der Waals surface area (Å²) in [7, 11) is 0. The zero-order valence-electron chi connectivity index (χ0n) is 15.8. The first-order valence-corrected chi connectivity index (χ1v) is 10.7. The third-order valence-electron chi connectivity index (χ3n) is 5.47. The summed E-state index contributed by atoms with van der Waals surface area (Å²) >= 11 is 18.8. The zero-order chi connectivity index (χ0) is 19.7. The van der Waals surface area contributed by atoms with Gasteiger partial charge in [-0.25, -0.2) is 0 Å². The predicted molar refractivity (Wildman–Crippen MR) is 127 cm³/mol. The van der Waals surface area contributed by atoms with Crippen molar-refractivity contribution in [3.8, 4) is 11.1 Å². The Labute approximate surface area is 192 Å². The van der Waals surface area contributed by atoms with Crippen LogP contribution in [-0.2, 0) is 0 Å². The largest absolute Gasteiger partial charge is 0.388 e.